The van der Waals surface area contributed by atoms with Gasteiger partial charge in [0.15, 0.2) is 0 Å². The smallest absolute Gasteiger partial charge is 0.306 e. The minimum absolute atomic E-state index is 0.0785. The van der Waals surface area contributed by atoms with Crippen molar-refractivity contribution in [2.24, 2.45) is 0 Å². The molecule has 0 aliphatic carbocycles. The van der Waals surface area contributed by atoms with Crippen molar-refractivity contribution >= 4 is 22.8 Å². The molecular weight excluding hydrogens is 168 g/mol. The van der Waals surface area contributed by atoms with Crippen molar-refractivity contribution in [2.75, 3.05) is 0 Å². The number of carbonyl (C=O) groups excluding carboxylic acids is 2. The second-order valence-electron chi connectivity index (χ2n) is 2.54. The lowest BCUT2D eigenvalue weighted by Crippen LogP contribution is -2.07. The maximum atomic E-state index is 10.6. The average molecular weight is 177 g/mol. The summed E-state index contributed by atoms with van der Waals surface area (Å²) in [5, 5.41) is -0.368. The molecule has 0 aromatic rings. The van der Waals surface area contributed by atoms with Crippen molar-refractivity contribution in [2.45, 2.75) is 31.8 Å². The zero-order chi connectivity index (χ0) is 8.27. The van der Waals surface area contributed by atoms with Crippen molar-refractivity contribution in [1.29, 1.82) is 0 Å². The number of carbonyl (C=O) groups is 2. The molecule has 0 aromatic carbocycles. The first kappa shape index (κ1) is 8.53. The molecule has 0 amide bonds. The number of cyclic esters (lactones) is 1. The zero-order valence-corrected chi connectivity index (χ0v) is 6.76. The second kappa shape index (κ2) is 3.72. The van der Waals surface area contributed by atoms with E-state index >= 15 is 0 Å². The summed E-state index contributed by atoms with van der Waals surface area (Å²) in [4.78, 5) is 20.9. The third kappa shape index (κ3) is 2.89. The van der Waals surface area contributed by atoms with E-state index in [1.807, 2.05) is 0 Å². The summed E-state index contributed by atoms with van der Waals surface area (Å²) in [6.45, 7) is 0. The lowest BCUT2D eigenvalue weighted by atomic mass is 10.1. The van der Waals surface area contributed by atoms with Crippen LogP contribution in [0, 0.1) is 0 Å². The first-order valence-electron chi connectivity index (χ1n) is 3.56. The Morgan fingerprint density at radius 1 is 1.73 bits per heavy atom. The van der Waals surface area contributed by atoms with E-state index in [0.29, 0.717) is 19.3 Å². The summed E-state index contributed by atoms with van der Waals surface area (Å²) < 4.78 is 4.86. The van der Waals surface area contributed by atoms with E-state index < -0.39 is 0 Å². The fourth-order valence-electron chi connectivity index (χ4n) is 1.06. The first-order valence-corrected chi connectivity index (χ1v) is 3.94. The molecule has 1 rings (SSSR count). The van der Waals surface area contributed by atoms with Crippen molar-refractivity contribution in [3.63, 3.8) is 0 Å². The molecule has 1 saturated heterocycles. The molecule has 1 heterocycles. The minimum Gasteiger partial charge on any atom is -0.462 e. The molecule has 0 radical (unpaired) electrons. The second-order valence-corrected chi connectivity index (χ2v) is 2.97. The first-order chi connectivity index (χ1) is 5.18. The Kier molecular flexibility index (Phi) is 2.88. The van der Waals surface area contributed by atoms with E-state index in [1.165, 1.54) is 0 Å². The summed E-state index contributed by atoms with van der Waals surface area (Å²) in [6.07, 6.45) is 1.97. The highest BCUT2D eigenvalue weighted by atomic mass is 35.5. The molecular formula is C7H9ClO3. The van der Waals surface area contributed by atoms with Crippen LogP contribution in [-0.2, 0) is 14.3 Å². The van der Waals surface area contributed by atoms with E-state index in [0.717, 1.165) is 6.42 Å². The van der Waals surface area contributed by atoms with Crippen LogP contribution in [0.3, 0.4) is 0 Å². The predicted molar refractivity (Wildman–Crippen MR) is 39.2 cm³/mol. The predicted octanol–water partition coefficient (Wildman–Crippen LogP) is 1.24. The van der Waals surface area contributed by atoms with Gasteiger partial charge in [0.25, 0.3) is 0 Å². The largest absolute Gasteiger partial charge is 0.462 e. The Morgan fingerprint density at radius 3 is 2.91 bits per heavy atom. The molecule has 1 unspecified atom stereocenters. The highest BCUT2D eigenvalue weighted by Crippen LogP contribution is 2.18. The molecule has 1 aliphatic heterocycles. The topological polar surface area (TPSA) is 43.4 Å². The molecule has 0 aromatic heterocycles. The summed E-state index contributed by atoms with van der Waals surface area (Å²) >= 11 is 5.11. The Hall–Kier alpha value is -0.570. The van der Waals surface area contributed by atoms with Gasteiger partial charge < -0.3 is 4.74 Å². The maximum Gasteiger partial charge on any atom is 0.306 e. The van der Waals surface area contributed by atoms with E-state index in [2.05, 4.69) is 0 Å². The van der Waals surface area contributed by atoms with E-state index in [9.17, 15) is 9.59 Å². The van der Waals surface area contributed by atoms with Crippen LogP contribution in [-0.4, -0.2) is 17.3 Å². The zero-order valence-electron chi connectivity index (χ0n) is 6.01. The van der Waals surface area contributed by atoms with Crippen LogP contribution < -0.4 is 0 Å². The Labute approximate surface area is 69.7 Å². The van der Waals surface area contributed by atoms with Gasteiger partial charge in [0.05, 0.1) is 0 Å². The number of esters is 1. The van der Waals surface area contributed by atoms with Gasteiger partial charge in [0.2, 0.25) is 5.24 Å². The fourth-order valence-corrected chi connectivity index (χ4v) is 1.17. The molecule has 0 bridgehead atoms. The molecule has 0 N–H and O–H groups in total. The molecule has 1 fully saturated rings. The lowest BCUT2D eigenvalue weighted by Gasteiger charge is -2.05. The van der Waals surface area contributed by atoms with Crippen molar-refractivity contribution in [3.8, 4) is 0 Å². The van der Waals surface area contributed by atoms with Crippen LogP contribution in [0.15, 0.2) is 0 Å². The molecule has 11 heavy (non-hydrogen) atoms. The normalized spacial score (nSPS) is 23.4. The van der Waals surface area contributed by atoms with Gasteiger partial charge in [-0.05, 0) is 24.4 Å². The van der Waals surface area contributed by atoms with Crippen LogP contribution in [0.4, 0.5) is 0 Å². The molecule has 1 aliphatic rings. The molecule has 4 heteroatoms. The van der Waals surface area contributed by atoms with E-state index in [1.54, 1.807) is 0 Å². The van der Waals surface area contributed by atoms with Crippen LogP contribution in [0.1, 0.15) is 25.7 Å². The summed E-state index contributed by atoms with van der Waals surface area (Å²) in [5.74, 6) is -0.169. The molecule has 62 valence electrons. The van der Waals surface area contributed by atoms with E-state index in [4.69, 9.17) is 16.3 Å². The SMILES string of the molecule is O=C(Cl)CCC1CCC(=O)O1. The standard InChI is InChI=1S/C7H9ClO3/c8-6(9)3-1-5-2-4-7(10)11-5/h5H,1-4H2. The van der Waals surface area contributed by atoms with Gasteiger partial charge in [-0.3, -0.25) is 9.59 Å². The third-order valence-corrected chi connectivity index (χ3v) is 1.82. The number of hydrogen-bond acceptors (Lipinski definition) is 3. The summed E-state index contributed by atoms with van der Waals surface area (Å²) in [7, 11) is 0. The van der Waals surface area contributed by atoms with Gasteiger partial charge >= 0.3 is 5.97 Å². The van der Waals surface area contributed by atoms with Gasteiger partial charge in [-0.1, -0.05) is 0 Å². The highest BCUT2D eigenvalue weighted by Gasteiger charge is 2.23. The van der Waals surface area contributed by atoms with Crippen LogP contribution in [0.2, 0.25) is 0 Å². The molecule has 0 spiro atoms. The Balaban J connectivity index is 2.18. The van der Waals surface area contributed by atoms with Crippen molar-refractivity contribution < 1.29 is 14.3 Å². The number of rotatable bonds is 3. The number of halogens is 1. The summed E-state index contributed by atoms with van der Waals surface area (Å²) in [6, 6.07) is 0. The van der Waals surface area contributed by atoms with Gasteiger partial charge in [-0.25, -0.2) is 0 Å². The molecule has 1 atom stereocenters. The quantitative estimate of drug-likeness (QED) is 0.480. The highest BCUT2D eigenvalue weighted by molar-refractivity contribution is 6.63. The van der Waals surface area contributed by atoms with Crippen LogP contribution >= 0.6 is 11.6 Å². The lowest BCUT2D eigenvalue weighted by molar-refractivity contribution is -0.141. The minimum atomic E-state index is -0.368. The van der Waals surface area contributed by atoms with Crippen LogP contribution in [0.5, 0.6) is 0 Å². The van der Waals surface area contributed by atoms with Gasteiger partial charge in [0, 0.05) is 12.8 Å². The van der Waals surface area contributed by atoms with Crippen molar-refractivity contribution in [1.82, 2.24) is 0 Å². The van der Waals surface area contributed by atoms with Crippen LogP contribution in [0.25, 0.3) is 0 Å². The number of ether oxygens (including phenoxy) is 1. The average Bonchev–Trinajstić information content (AvgIpc) is 2.31. The monoisotopic (exact) mass is 176 g/mol. The Morgan fingerprint density at radius 2 is 2.45 bits per heavy atom. The van der Waals surface area contributed by atoms with Crippen molar-refractivity contribution in [3.05, 3.63) is 0 Å². The Bertz CT molecular complexity index is 179. The van der Waals surface area contributed by atoms with Gasteiger partial charge in [0.1, 0.15) is 6.10 Å². The molecule has 3 nitrogen and oxygen atoms in total. The third-order valence-electron chi connectivity index (χ3n) is 1.63. The fraction of sp³-hybridized carbons (Fsp3) is 0.714. The van der Waals surface area contributed by atoms with Gasteiger partial charge in [-0.15, -0.1) is 0 Å². The maximum absolute atomic E-state index is 10.6. The van der Waals surface area contributed by atoms with Gasteiger partial charge in [-0.2, -0.15) is 0 Å². The summed E-state index contributed by atoms with van der Waals surface area (Å²) in [5.41, 5.74) is 0. The van der Waals surface area contributed by atoms with E-state index in [-0.39, 0.29) is 17.3 Å². The number of hydrogen-bond donors (Lipinski definition) is 0. The molecule has 0 saturated carbocycles.